The first-order chi connectivity index (χ1) is 9.50. The molecule has 120 valence electrons. The Bertz CT molecular complexity index is 295. The maximum absolute atomic E-state index is 2.34. The summed E-state index contributed by atoms with van der Waals surface area (Å²) < 4.78 is 0. The van der Waals surface area contributed by atoms with Gasteiger partial charge in [0.2, 0.25) is 0 Å². The molecule has 0 heterocycles. The molecule has 0 saturated heterocycles. The van der Waals surface area contributed by atoms with Gasteiger partial charge in [0.1, 0.15) is 0 Å². The summed E-state index contributed by atoms with van der Waals surface area (Å²) in [6.45, 7) is 23.5. The van der Waals surface area contributed by atoms with Crippen molar-refractivity contribution in [3.05, 3.63) is 35.4 Å². The summed E-state index contributed by atoms with van der Waals surface area (Å²) in [5.41, 5.74) is 3.29. The van der Waals surface area contributed by atoms with Crippen molar-refractivity contribution >= 4 is 0 Å². The molecule has 0 radical (unpaired) electrons. The van der Waals surface area contributed by atoms with Gasteiger partial charge in [0, 0.05) is 0 Å². The molecular formula is C20H40. The van der Waals surface area contributed by atoms with Crippen LogP contribution in [0.3, 0.4) is 0 Å². The lowest BCUT2D eigenvalue weighted by molar-refractivity contribution is 0.369. The normalized spacial score (nSPS) is 9.40. The van der Waals surface area contributed by atoms with Crippen molar-refractivity contribution in [1.82, 2.24) is 0 Å². The predicted octanol–water partition coefficient (Wildman–Crippen LogP) is 7.26. The molecule has 0 amide bonds. The van der Waals surface area contributed by atoms with Gasteiger partial charge in [0.15, 0.2) is 0 Å². The molecule has 0 N–H and O–H groups in total. The molecule has 0 aliphatic rings. The maximum atomic E-state index is 2.34. The maximum Gasteiger partial charge on any atom is -0.00778 e. The highest BCUT2D eigenvalue weighted by Gasteiger charge is 2.26. The third-order valence-corrected chi connectivity index (χ3v) is 3.54. The number of rotatable bonds is 3. The lowest BCUT2D eigenvalue weighted by atomic mass is 9.73. The molecule has 0 spiro atoms. The summed E-state index contributed by atoms with van der Waals surface area (Å²) in [6.07, 6.45) is 1.13. The van der Waals surface area contributed by atoms with Gasteiger partial charge in [-0.25, -0.2) is 0 Å². The van der Waals surface area contributed by atoms with Crippen molar-refractivity contribution in [2.75, 3.05) is 0 Å². The van der Waals surface area contributed by atoms with Gasteiger partial charge in [-0.2, -0.15) is 0 Å². The zero-order valence-electron chi connectivity index (χ0n) is 16.1. The van der Waals surface area contributed by atoms with E-state index in [0.29, 0.717) is 5.92 Å². The molecule has 0 fully saturated rings. The van der Waals surface area contributed by atoms with Crippen LogP contribution < -0.4 is 0 Å². The molecule has 0 bridgehead atoms. The van der Waals surface area contributed by atoms with Crippen LogP contribution in [0, 0.1) is 5.92 Å². The van der Waals surface area contributed by atoms with Crippen molar-refractivity contribution < 1.29 is 0 Å². The minimum Gasteiger partial charge on any atom is -0.0683 e. The van der Waals surface area contributed by atoms with Gasteiger partial charge in [-0.15, -0.1) is 0 Å². The van der Waals surface area contributed by atoms with E-state index in [9.17, 15) is 0 Å². The van der Waals surface area contributed by atoms with Crippen LogP contribution in [0.15, 0.2) is 24.3 Å². The van der Waals surface area contributed by atoms with Gasteiger partial charge in [0.25, 0.3) is 0 Å². The summed E-state index contributed by atoms with van der Waals surface area (Å²) in [6, 6.07) is 8.82. The molecule has 0 nitrogen and oxygen atoms in total. The summed E-state index contributed by atoms with van der Waals surface area (Å²) in [7, 11) is 0. The summed E-state index contributed by atoms with van der Waals surface area (Å²) in [5, 5.41) is 0. The molecule has 0 aromatic heterocycles. The Labute approximate surface area is 130 Å². The lowest BCUT2D eigenvalue weighted by Crippen LogP contribution is -2.25. The third-order valence-electron chi connectivity index (χ3n) is 3.54. The van der Waals surface area contributed by atoms with Crippen molar-refractivity contribution in [2.24, 2.45) is 5.92 Å². The first-order valence-electron chi connectivity index (χ1n) is 8.58. The first-order valence-corrected chi connectivity index (χ1v) is 8.58. The Balaban J connectivity index is -0.000000425. The van der Waals surface area contributed by atoms with Crippen LogP contribution in [0.4, 0.5) is 0 Å². The van der Waals surface area contributed by atoms with Crippen LogP contribution in [-0.2, 0) is 11.8 Å². The molecule has 0 saturated carbocycles. The highest BCUT2D eigenvalue weighted by Crippen LogP contribution is 2.33. The third kappa shape index (κ3) is 7.72. The summed E-state index contributed by atoms with van der Waals surface area (Å²) in [5.74, 6) is 0.676. The van der Waals surface area contributed by atoms with Crippen LogP contribution in [0.1, 0.15) is 87.3 Å². The van der Waals surface area contributed by atoms with E-state index < -0.39 is 0 Å². The zero-order valence-corrected chi connectivity index (χ0v) is 16.1. The Morgan fingerprint density at radius 2 is 1.25 bits per heavy atom. The second kappa shape index (κ2) is 14.6. The topological polar surface area (TPSA) is 0 Å². The second-order valence-corrected chi connectivity index (χ2v) is 4.89. The molecule has 1 rings (SSSR count). The zero-order chi connectivity index (χ0) is 16.8. The van der Waals surface area contributed by atoms with Crippen LogP contribution in [0.5, 0.6) is 0 Å². The van der Waals surface area contributed by atoms with Gasteiger partial charge >= 0.3 is 0 Å². The Morgan fingerprint density at radius 1 is 0.850 bits per heavy atom. The van der Waals surface area contributed by atoms with Crippen molar-refractivity contribution in [3.63, 3.8) is 0 Å². The first kappa shape index (κ1) is 24.3. The van der Waals surface area contributed by atoms with Crippen molar-refractivity contribution in [3.8, 4) is 0 Å². The number of hydrogen-bond acceptors (Lipinski definition) is 0. The average Bonchev–Trinajstić information content (AvgIpc) is 2.53. The largest absolute Gasteiger partial charge is 0.0683 e. The van der Waals surface area contributed by atoms with E-state index in [1.54, 1.807) is 0 Å². The quantitative estimate of drug-likeness (QED) is 0.546. The minimum atomic E-state index is 0.284. The summed E-state index contributed by atoms with van der Waals surface area (Å²) in [4.78, 5) is 0. The fraction of sp³-hybridized carbons (Fsp3) is 0.700. The fourth-order valence-electron chi connectivity index (χ4n) is 1.77. The Kier molecular flexibility index (Phi) is 17.7. The Hall–Kier alpha value is -0.780. The molecular weight excluding hydrogens is 240 g/mol. The lowest BCUT2D eigenvalue weighted by Gasteiger charge is -2.31. The SMILES string of the molecule is CC.CC.CC.CCc1ccccc1C(C)(C)C(C)C. The smallest absolute Gasteiger partial charge is 0.00778 e. The van der Waals surface area contributed by atoms with E-state index in [1.165, 1.54) is 11.1 Å². The van der Waals surface area contributed by atoms with Gasteiger partial charge in [-0.3, -0.25) is 0 Å². The number of aryl methyl sites for hydroxylation is 1. The highest BCUT2D eigenvalue weighted by atomic mass is 14.3. The van der Waals surface area contributed by atoms with Gasteiger partial charge in [0.05, 0.1) is 0 Å². The molecule has 0 atom stereocenters. The molecule has 0 aliphatic heterocycles. The summed E-state index contributed by atoms with van der Waals surface area (Å²) >= 11 is 0. The average molecular weight is 281 g/mol. The van der Waals surface area contributed by atoms with Gasteiger partial charge in [-0.05, 0) is 28.9 Å². The molecule has 1 aromatic rings. The Morgan fingerprint density at radius 3 is 1.60 bits per heavy atom. The molecule has 1 aromatic carbocycles. The number of hydrogen-bond donors (Lipinski definition) is 0. The van der Waals surface area contributed by atoms with Crippen LogP contribution >= 0.6 is 0 Å². The highest BCUT2D eigenvalue weighted by molar-refractivity contribution is 5.33. The molecule has 0 unspecified atom stereocenters. The van der Waals surface area contributed by atoms with Gasteiger partial charge < -0.3 is 0 Å². The molecule has 0 aliphatic carbocycles. The second-order valence-electron chi connectivity index (χ2n) is 4.89. The fourth-order valence-corrected chi connectivity index (χ4v) is 1.77. The predicted molar refractivity (Wildman–Crippen MR) is 97.7 cm³/mol. The van der Waals surface area contributed by atoms with Gasteiger partial charge in [-0.1, -0.05) is 100 Å². The van der Waals surface area contributed by atoms with Crippen LogP contribution in [0.25, 0.3) is 0 Å². The number of benzene rings is 1. The van der Waals surface area contributed by atoms with E-state index in [2.05, 4.69) is 58.9 Å². The van der Waals surface area contributed by atoms with Crippen LogP contribution in [0.2, 0.25) is 0 Å². The standard InChI is InChI=1S/C14H22.3C2H6/c1-6-12-9-7-8-10-13(12)14(4,5)11(2)3;3*1-2/h7-11H,6H2,1-5H3;3*1-2H3. The minimum absolute atomic E-state index is 0.284. The molecule has 0 heteroatoms. The van der Waals surface area contributed by atoms with E-state index in [-0.39, 0.29) is 5.41 Å². The van der Waals surface area contributed by atoms with E-state index in [4.69, 9.17) is 0 Å². The van der Waals surface area contributed by atoms with E-state index in [1.807, 2.05) is 41.5 Å². The monoisotopic (exact) mass is 280 g/mol. The molecule has 20 heavy (non-hydrogen) atoms. The van der Waals surface area contributed by atoms with Crippen LogP contribution in [-0.4, -0.2) is 0 Å². The van der Waals surface area contributed by atoms with E-state index in [0.717, 1.165) is 6.42 Å². The van der Waals surface area contributed by atoms with E-state index >= 15 is 0 Å². The van der Waals surface area contributed by atoms with Crippen molar-refractivity contribution in [1.29, 1.82) is 0 Å². The van der Waals surface area contributed by atoms with Crippen molar-refractivity contribution in [2.45, 2.75) is 88.0 Å².